The van der Waals surface area contributed by atoms with E-state index < -0.39 is 0 Å². The lowest BCUT2D eigenvalue weighted by Gasteiger charge is -2.06. The molecule has 1 amide bonds. The average molecular weight is 347 g/mol. The number of anilines is 1. The van der Waals surface area contributed by atoms with E-state index in [1.54, 1.807) is 6.20 Å². The Morgan fingerprint density at radius 3 is 2.85 bits per heavy atom. The van der Waals surface area contributed by atoms with Gasteiger partial charge in [0.1, 0.15) is 5.82 Å². The van der Waals surface area contributed by atoms with E-state index in [0.717, 1.165) is 41.3 Å². The van der Waals surface area contributed by atoms with E-state index in [1.807, 2.05) is 24.3 Å². The highest BCUT2D eigenvalue weighted by atomic mass is 16.1. The molecular formula is C20H21N5O. The van der Waals surface area contributed by atoms with Gasteiger partial charge in [-0.15, -0.1) is 0 Å². The third kappa shape index (κ3) is 2.92. The molecule has 2 aliphatic carbocycles. The van der Waals surface area contributed by atoms with Crippen LogP contribution in [0.1, 0.15) is 48.0 Å². The van der Waals surface area contributed by atoms with Crippen LogP contribution in [0.3, 0.4) is 0 Å². The fraction of sp³-hybridized carbons (Fsp3) is 0.350. The summed E-state index contributed by atoms with van der Waals surface area (Å²) in [6, 6.07) is 7.91. The highest BCUT2D eigenvalue weighted by Crippen LogP contribution is 2.38. The Labute approximate surface area is 151 Å². The Kier molecular flexibility index (Phi) is 3.62. The van der Waals surface area contributed by atoms with Crippen LogP contribution in [0.25, 0.3) is 11.3 Å². The van der Waals surface area contributed by atoms with E-state index in [-0.39, 0.29) is 5.91 Å². The summed E-state index contributed by atoms with van der Waals surface area (Å²) < 4.78 is 0. The third-order valence-corrected chi connectivity index (χ3v) is 5.21. The number of hydrogen-bond acceptors (Lipinski definition) is 3. The normalized spacial score (nSPS) is 15.8. The molecule has 0 spiro atoms. The van der Waals surface area contributed by atoms with E-state index in [0.29, 0.717) is 12.3 Å². The van der Waals surface area contributed by atoms with Gasteiger partial charge in [-0.3, -0.25) is 9.89 Å². The standard InChI is InChI=1S/C20H21N5O/c26-18(10-15-11-21-20(23-15)13-4-5-13)22-14-8-6-12(7-9-14)19-16-2-1-3-17(16)24-25-19/h6-9,11,13H,1-5,10H2,(H,21,23)(H,22,26)(H,24,25). The fourth-order valence-electron chi connectivity index (χ4n) is 3.68. The topological polar surface area (TPSA) is 86.5 Å². The summed E-state index contributed by atoms with van der Waals surface area (Å²) >= 11 is 0. The lowest BCUT2D eigenvalue weighted by molar-refractivity contribution is -0.115. The van der Waals surface area contributed by atoms with E-state index in [4.69, 9.17) is 0 Å². The van der Waals surface area contributed by atoms with Crippen LogP contribution in [-0.2, 0) is 24.1 Å². The minimum absolute atomic E-state index is 0.0376. The summed E-state index contributed by atoms with van der Waals surface area (Å²) in [5.41, 5.74) is 6.40. The van der Waals surface area contributed by atoms with E-state index >= 15 is 0 Å². The highest BCUT2D eigenvalue weighted by Gasteiger charge is 2.26. The number of carbonyl (C=O) groups is 1. The van der Waals surface area contributed by atoms with Gasteiger partial charge in [-0.2, -0.15) is 5.10 Å². The van der Waals surface area contributed by atoms with Crippen molar-refractivity contribution < 1.29 is 4.79 Å². The Balaban J connectivity index is 1.24. The molecule has 6 nitrogen and oxygen atoms in total. The largest absolute Gasteiger partial charge is 0.345 e. The second-order valence-corrected chi connectivity index (χ2v) is 7.25. The average Bonchev–Trinajstić information content (AvgIpc) is 3.04. The molecule has 6 heteroatoms. The van der Waals surface area contributed by atoms with Crippen molar-refractivity contribution in [1.29, 1.82) is 0 Å². The number of H-pyrrole nitrogens is 2. The molecular weight excluding hydrogens is 326 g/mol. The molecule has 1 aromatic carbocycles. The fourth-order valence-corrected chi connectivity index (χ4v) is 3.68. The molecule has 1 saturated carbocycles. The van der Waals surface area contributed by atoms with Crippen molar-refractivity contribution in [1.82, 2.24) is 20.2 Å². The van der Waals surface area contributed by atoms with Gasteiger partial charge in [-0.05, 0) is 44.2 Å². The van der Waals surface area contributed by atoms with Crippen molar-refractivity contribution in [3.05, 3.63) is 53.2 Å². The van der Waals surface area contributed by atoms with Crippen molar-refractivity contribution in [2.24, 2.45) is 0 Å². The van der Waals surface area contributed by atoms with Crippen LogP contribution >= 0.6 is 0 Å². The van der Waals surface area contributed by atoms with Gasteiger partial charge in [0.15, 0.2) is 0 Å². The predicted octanol–water partition coefficient (Wildman–Crippen LogP) is 3.35. The maximum absolute atomic E-state index is 12.3. The van der Waals surface area contributed by atoms with Crippen molar-refractivity contribution in [2.75, 3.05) is 5.32 Å². The number of aromatic amines is 2. The van der Waals surface area contributed by atoms with Crippen LogP contribution in [0, 0.1) is 0 Å². The molecule has 2 aromatic heterocycles. The van der Waals surface area contributed by atoms with Gasteiger partial charge >= 0.3 is 0 Å². The van der Waals surface area contributed by atoms with E-state index in [1.165, 1.54) is 30.5 Å². The van der Waals surface area contributed by atoms with Gasteiger partial charge in [0, 0.05) is 40.3 Å². The first-order chi connectivity index (χ1) is 12.8. The molecule has 0 saturated heterocycles. The second kappa shape index (κ2) is 6.12. The number of benzene rings is 1. The van der Waals surface area contributed by atoms with E-state index in [2.05, 4.69) is 25.5 Å². The van der Waals surface area contributed by atoms with E-state index in [9.17, 15) is 4.79 Å². The van der Waals surface area contributed by atoms with Crippen molar-refractivity contribution >= 4 is 11.6 Å². The molecule has 0 bridgehead atoms. The minimum Gasteiger partial charge on any atom is -0.345 e. The summed E-state index contributed by atoms with van der Waals surface area (Å²) in [7, 11) is 0. The molecule has 0 aliphatic heterocycles. The molecule has 3 N–H and O–H groups in total. The Bertz CT molecular complexity index is 949. The number of nitrogens with one attached hydrogen (secondary N) is 3. The van der Waals surface area contributed by atoms with Gasteiger partial charge in [-0.25, -0.2) is 4.98 Å². The number of nitrogens with zero attached hydrogens (tertiary/aromatic N) is 2. The molecule has 2 heterocycles. The lowest BCUT2D eigenvalue weighted by Crippen LogP contribution is -2.14. The number of amides is 1. The van der Waals surface area contributed by atoms with Crippen molar-refractivity contribution in [3.8, 4) is 11.3 Å². The number of rotatable bonds is 5. The summed E-state index contributed by atoms with van der Waals surface area (Å²) in [6.07, 6.45) is 7.86. The quantitative estimate of drug-likeness (QED) is 0.661. The van der Waals surface area contributed by atoms with Crippen LogP contribution < -0.4 is 5.32 Å². The monoisotopic (exact) mass is 347 g/mol. The van der Waals surface area contributed by atoms with Crippen LogP contribution in [-0.4, -0.2) is 26.1 Å². The number of aryl methyl sites for hydroxylation is 1. The first kappa shape index (κ1) is 15.4. The second-order valence-electron chi connectivity index (χ2n) is 7.25. The molecule has 3 aromatic rings. The summed E-state index contributed by atoms with van der Waals surface area (Å²) in [5, 5.41) is 10.6. The summed E-state index contributed by atoms with van der Waals surface area (Å²) in [5.74, 6) is 1.55. The molecule has 5 rings (SSSR count). The van der Waals surface area contributed by atoms with Gasteiger partial charge in [0.2, 0.25) is 5.91 Å². The molecule has 0 radical (unpaired) electrons. The smallest absolute Gasteiger partial charge is 0.230 e. The highest BCUT2D eigenvalue weighted by molar-refractivity contribution is 5.92. The molecule has 0 atom stereocenters. The lowest BCUT2D eigenvalue weighted by atomic mass is 10.1. The maximum Gasteiger partial charge on any atom is 0.230 e. The maximum atomic E-state index is 12.3. The first-order valence-corrected chi connectivity index (χ1v) is 9.26. The number of aromatic nitrogens is 4. The van der Waals surface area contributed by atoms with Crippen molar-refractivity contribution in [2.45, 2.75) is 44.4 Å². The molecule has 1 fully saturated rings. The molecule has 2 aliphatic rings. The van der Waals surface area contributed by atoms with Gasteiger partial charge in [0.25, 0.3) is 0 Å². The van der Waals surface area contributed by atoms with Gasteiger partial charge in [-0.1, -0.05) is 12.1 Å². The zero-order valence-corrected chi connectivity index (χ0v) is 14.5. The zero-order chi connectivity index (χ0) is 17.5. The molecule has 0 unspecified atom stereocenters. The summed E-state index contributed by atoms with van der Waals surface area (Å²) in [4.78, 5) is 19.9. The van der Waals surface area contributed by atoms with Crippen LogP contribution in [0.5, 0.6) is 0 Å². The molecule has 26 heavy (non-hydrogen) atoms. The number of fused-ring (bicyclic) bond motifs is 1. The van der Waals surface area contributed by atoms with Crippen LogP contribution in [0.2, 0.25) is 0 Å². The minimum atomic E-state index is -0.0376. The third-order valence-electron chi connectivity index (χ3n) is 5.21. The zero-order valence-electron chi connectivity index (χ0n) is 14.5. The van der Waals surface area contributed by atoms with Crippen LogP contribution in [0.15, 0.2) is 30.5 Å². The molecule has 132 valence electrons. The first-order valence-electron chi connectivity index (χ1n) is 9.26. The number of carbonyl (C=O) groups excluding carboxylic acids is 1. The Hall–Kier alpha value is -2.89. The number of imidazole rings is 1. The SMILES string of the molecule is O=C(Cc1cnc(C2CC2)[nH]1)Nc1ccc(-c2n[nH]c3c2CCC3)cc1. The number of hydrogen-bond donors (Lipinski definition) is 3. The van der Waals surface area contributed by atoms with Gasteiger partial charge in [0.05, 0.1) is 12.1 Å². The van der Waals surface area contributed by atoms with Crippen LogP contribution in [0.4, 0.5) is 5.69 Å². The predicted molar refractivity (Wildman–Crippen MR) is 98.9 cm³/mol. The summed E-state index contributed by atoms with van der Waals surface area (Å²) in [6.45, 7) is 0. The van der Waals surface area contributed by atoms with Crippen molar-refractivity contribution in [3.63, 3.8) is 0 Å². The van der Waals surface area contributed by atoms with Gasteiger partial charge < -0.3 is 10.3 Å². The Morgan fingerprint density at radius 1 is 1.19 bits per heavy atom. The Morgan fingerprint density at radius 2 is 2.04 bits per heavy atom.